The number of benzene rings is 1. The molecule has 1 aromatic heterocycles. The second-order valence-electron chi connectivity index (χ2n) is 15.6. The maximum atomic E-state index is 15.0. The average molecular weight is 651 g/mol. The number of rotatable bonds is 7. The number of morpholine rings is 1. The summed E-state index contributed by atoms with van der Waals surface area (Å²) in [5.41, 5.74) is 2.91. The fraction of sp³-hybridized carbons (Fsp3) is 0.676. The van der Waals surface area contributed by atoms with Gasteiger partial charge in [-0.2, -0.15) is 5.10 Å². The van der Waals surface area contributed by atoms with E-state index in [1.165, 1.54) is 10.5 Å². The number of fused-ring (bicyclic) bond motifs is 8. The molecule has 3 saturated carbocycles. The van der Waals surface area contributed by atoms with Crippen molar-refractivity contribution >= 4 is 11.9 Å². The third-order valence-electron chi connectivity index (χ3n) is 13.2. The monoisotopic (exact) mass is 650 g/mol. The van der Waals surface area contributed by atoms with Gasteiger partial charge in [0.25, 0.3) is 0 Å². The molecule has 8 rings (SSSR count). The lowest BCUT2D eigenvalue weighted by Gasteiger charge is -2.60. The second kappa shape index (κ2) is 11.6. The quantitative estimate of drug-likeness (QED) is 0.423. The Labute approximate surface area is 276 Å². The lowest BCUT2D eigenvalue weighted by atomic mass is 9.45. The molecule has 9 atom stereocenters. The van der Waals surface area contributed by atoms with Crippen LogP contribution in [0.25, 0.3) is 11.8 Å². The summed E-state index contributed by atoms with van der Waals surface area (Å²) in [6.45, 7) is 9.66. The van der Waals surface area contributed by atoms with Crippen LogP contribution < -0.4 is 4.90 Å². The highest BCUT2D eigenvalue weighted by Crippen LogP contribution is 2.70. The van der Waals surface area contributed by atoms with Gasteiger partial charge in [0.2, 0.25) is 0 Å². The molecular weight excluding hydrogens is 601 g/mol. The summed E-state index contributed by atoms with van der Waals surface area (Å²) in [5.74, 6) is -0.170. The third-order valence-corrected chi connectivity index (χ3v) is 13.2. The lowest BCUT2D eigenvalue weighted by molar-refractivity contribution is -0.921. The SMILES string of the molecule is CCC[C@H]1O[C@@H]2C[C@H]3[C@@H]4CCC5=Cc6c(cnn6-c6ccc(F)c(C[NH+]7CCOCC7)c6)C[C@]5(C)[C@H]4[C@@H](O)C[C@]3(C)[C@]2(C(=O)CO)O1. The molecule has 2 aromatic rings. The summed E-state index contributed by atoms with van der Waals surface area (Å²) in [6, 6.07) is 5.31. The topological polar surface area (TPSA) is 107 Å². The molecule has 254 valence electrons. The van der Waals surface area contributed by atoms with Crippen molar-refractivity contribution < 1.29 is 38.5 Å². The number of hydrogen-bond acceptors (Lipinski definition) is 7. The molecule has 0 bridgehead atoms. The van der Waals surface area contributed by atoms with E-state index in [1.54, 1.807) is 6.07 Å². The first-order valence-corrected chi connectivity index (χ1v) is 17.8. The van der Waals surface area contributed by atoms with Gasteiger partial charge < -0.3 is 29.3 Å². The summed E-state index contributed by atoms with van der Waals surface area (Å²) in [4.78, 5) is 14.9. The highest BCUT2D eigenvalue weighted by atomic mass is 19.1. The van der Waals surface area contributed by atoms with Gasteiger partial charge in [-0.3, -0.25) is 4.79 Å². The Hall–Kier alpha value is -2.47. The molecule has 6 aliphatic rings. The van der Waals surface area contributed by atoms with Crippen LogP contribution >= 0.6 is 0 Å². The number of carbonyl (C=O) groups is 1. The Morgan fingerprint density at radius 2 is 2.04 bits per heavy atom. The smallest absolute Gasteiger partial charge is 0.193 e. The first-order chi connectivity index (χ1) is 22.6. The van der Waals surface area contributed by atoms with Gasteiger partial charge in [0.1, 0.15) is 32.1 Å². The number of Topliss-reactive ketones (excluding diaryl/α,β-unsaturated/α-hetero) is 1. The number of aromatic nitrogens is 2. The minimum absolute atomic E-state index is 0.0116. The average Bonchev–Trinajstić information content (AvgIpc) is 3.70. The maximum Gasteiger partial charge on any atom is 0.193 e. The van der Waals surface area contributed by atoms with E-state index in [9.17, 15) is 19.4 Å². The number of halogens is 1. The summed E-state index contributed by atoms with van der Waals surface area (Å²) in [7, 11) is 0. The molecule has 2 aliphatic heterocycles. The predicted molar refractivity (Wildman–Crippen MR) is 171 cm³/mol. The van der Waals surface area contributed by atoms with Crippen LogP contribution in [-0.2, 0) is 32.0 Å². The first kappa shape index (κ1) is 31.8. The number of nitrogens with zero attached hydrogens (tertiary/aromatic N) is 2. The normalized spacial score (nSPS) is 39.4. The molecule has 3 heterocycles. The van der Waals surface area contributed by atoms with Crippen LogP contribution in [-0.4, -0.2) is 82.8 Å². The molecule has 0 unspecified atom stereocenters. The Morgan fingerprint density at radius 3 is 2.81 bits per heavy atom. The molecule has 0 radical (unpaired) electrons. The van der Waals surface area contributed by atoms with E-state index in [0.717, 1.165) is 55.7 Å². The molecule has 10 heteroatoms. The van der Waals surface area contributed by atoms with E-state index in [2.05, 4.69) is 26.8 Å². The Kier molecular flexibility index (Phi) is 7.82. The van der Waals surface area contributed by atoms with Crippen molar-refractivity contribution in [3.8, 4) is 5.69 Å². The number of aliphatic hydroxyl groups excluding tert-OH is 2. The fourth-order valence-electron chi connectivity index (χ4n) is 11.1. The first-order valence-electron chi connectivity index (χ1n) is 17.8. The number of hydrogen-bond donors (Lipinski definition) is 3. The minimum atomic E-state index is -1.23. The van der Waals surface area contributed by atoms with Crippen LogP contribution in [0.1, 0.15) is 76.1 Å². The van der Waals surface area contributed by atoms with E-state index in [-0.39, 0.29) is 34.8 Å². The minimum Gasteiger partial charge on any atom is -0.393 e. The number of aliphatic hydroxyl groups is 2. The maximum absolute atomic E-state index is 15.0. The van der Waals surface area contributed by atoms with Crippen molar-refractivity contribution in [1.82, 2.24) is 9.78 Å². The van der Waals surface area contributed by atoms with Crippen LogP contribution in [0.15, 0.2) is 30.0 Å². The lowest BCUT2D eigenvalue weighted by Crippen LogP contribution is -3.12. The largest absolute Gasteiger partial charge is 0.393 e. The van der Waals surface area contributed by atoms with Crippen molar-refractivity contribution in [1.29, 1.82) is 0 Å². The highest BCUT2D eigenvalue weighted by Gasteiger charge is 2.75. The number of ketones is 1. The van der Waals surface area contributed by atoms with Crippen LogP contribution in [0.5, 0.6) is 0 Å². The molecule has 9 nitrogen and oxygen atoms in total. The summed E-state index contributed by atoms with van der Waals surface area (Å²) < 4.78 is 35.4. The molecule has 1 aromatic carbocycles. The van der Waals surface area contributed by atoms with Crippen molar-refractivity contribution in [2.75, 3.05) is 32.9 Å². The van der Waals surface area contributed by atoms with Crippen molar-refractivity contribution in [2.45, 2.75) is 96.4 Å². The zero-order valence-corrected chi connectivity index (χ0v) is 27.8. The Balaban J connectivity index is 1.09. The van der Waals surface area contributed by atoms with Gasteiger partial charge in [0.05, 0.1) is 43.0 Å². The summed E-state index contributed by atoms with van der Waals surface area (Å²) >= 11 is 0. The fourth-order valence-corrected chi connectivity index (χ4v) is 11.1. The van der Waals surface area contributed by atoms with Gasteiger partial charge in [0.15, 0.2) is 17.7 Å². The zero-order valence-electron chi connectivity index (χ0n) is 27.8. The van der Waals surface area contributed by atoms with Gasteiger partial charge in [-0.25, -0.2) is 9.07 Å². The zero-order chi connectivity index (χ0) is 32.7. The number of nitrogens with one attached hydrogen (secondary N) is 1. The van der Waals surface area contributed by atoms with Crippen molar-refractivity contribution in [3.63, 3.8) is 0 Å². The number of quaternary nitrogens is 1. The molecule has 3 N–H and O–H groups in total. The Bertz CT molecular complexity index is 1590. The molecular formula is C37H49FN3O6+. The summed E-state index contributed by atoms with van der Waals surface area (Å²) in [5, 5.41) is 27.1. The van der Waals surface area contributed by atoms with Gasteiger partial charge in [-0.15, -0.1) is 0 Å². The molecule has 4 aliphatic carbocycles. The second-order valence-corrected chi connectivity index (χ2v) is 15.6. The molecule has 0 amide bonds. The Morgan fingerprint density at radius 1 is 1.23 bits per heavy atom. The van der Waals surface area contributed by atoms with Crippen LogP contribution in [0, 0.1) is 34.4 Å². The van der Waals surface area contributed by atoms with Gasteiger partial charge in [0, 0.05) is 11.0 Å². The van der Waals surface area contributed by atoms with Crippen LogP contribution in [0.2, 0.25) is 0 Å². The van der Waals surface area contributed by atoms with Crippen LogP contribution in [0.4, 0.5) is 4.39 Å². The van der Waals surface area contributed by atoms with Crippen LogP contribution in [0.3, 0.4) is 0 Å². The van der Waals surface area contributed by atoms with E-state index < -0.39 is 36.1 Å². The van der Waals surface area contributed by atoms with Gasteiger partial charge >= 0.3 is 0 Å². The van der Waals surface area contributed by atoms with E-state index in [1.807, 2.05) is 23.0 Å². The standard InChI is InChI=1S/C37H48FN3O6/c1-4-5-33-46-32-16-27-26-8-6-24-15-29-23(17-35(24,2)34(26)30(43)18-36(27,3)37(32,47-33)31(44)21-42)19-39-41(29)25-7-9-28(38)22(14-25)20-40-10-12-45-13-11-40/h7,9,14-15,19,26-27,30,32-34,42-43H,4-6,8,10-13,16-18,20-21H2,1-3H3/p+1/t26-,27-,30-,32+,33-,34+,35-,36-,37+/m0/s1. The van der Waals surface area contributed by atoms with Crippen molar-refractivity contribution in [3.05, 3.63) is 52.6 Å². The van der Waals surface area contributed by atoms with E-state index in [0.29, 0.717) is 44.6 Å². The highest BCUT2D eigenvalue weighted by molar-refractivity contribution is 5.91. The van der Waals surface area contributed by atoms with E-state index >= 15 is 0 Å². The molecule has 2 saturated heterocycles. The number of allylic oxidation sites excluding steroid dienone is 1. The van der Waals surface area contributed by atoms with E-state index in [4.69, 9.17) is 19.3 Å². The molecule has 0 spiro atoms. The number of carbonyl (C=O) groups excluding carboxylic acids is 1. The third kappa shape index (κ3) is 4.62. The summed E-state index contributed by atoms with van der Waals surface area (Å²) in [6.07, 6.45) is 7.98. The van der Waals surface area contributed by atoms with Gasteiger partial charge in [-0.1, -0.05) is 32.8 Å². The number of ether oxygens (including phenoxy) is 3. The van der Waals surface area contributed by atoms with Gasteiger partial charge in [-0.05, 0) is 91.5 Å². The molecule has 5 fully saturated rings. The van der Waals surface area contributed by atoms with Crippen molar-refractivity contribution in [2.24, 2.45) is 28.6 Å². The molecule has 47 heavy (non-hydrogen) atoms. The predicted octanol–water partition coefficient (Wildman–Crippen LogP) is 3.03.